The molecule has 2 aliphatic heterocycles. The number of nitrogens with one attached hydrogen (secondary N) is 1. The molecular formula is C26H36N4O. The average Bonchev–Trinajstić information content (AvgIpc) is 2.84. The molecule has 1 atom stereocenters. The highest BCUT2D eigenvalue weighted by Gasteiger charge is 2.30. The lowest BCUT2D eigenvalue weighted by Crippen LogP contribution is -2.49. The SMILES string of the molecule is C[C@H](CN1CCC(N2CCC(C(=O)NCc3cccnc3)CC2)CC1)c1ccccc1. The van der Waals surface area contributed by atoms with Crippen LogP contribution in [0.5, 0.6) is 0 Å². The maximum atomic E-state index is 12.6. The summed E-state index contributed by atoms with van der Waals surface area (Å²) in [5.74, 6) is 0.937. The second-order valence-corrected chi connectivity index (χ2v) is 9.23. The van der Waals surface area contributed by atoms with E-state index in [9.17, 15) is 4.79 Å². The molecule has 0 bridgehead atoms. The van der Waals surface area contributed by atoms with Crippen LogP contribution in [0.2, 0.25) is 0 Å². The second kappa shape index (κ2) is 10.9. The van der Waals surface area contributed by atoms with Crippen LogP contribution < -0.4 is 5.32 Å². The van der Waals surface area contributed by atoms with Crippen molar-refractivity contribution in [1.82, 2.24) is 20.1 Å². The highest BCUT2D eigenvalue weighted by Crippen LogP contribution is 2.25. The molecule has 1 amide bonds. The summed E-state index contributed by atoms with van der Waals surface area (Å²) in [7, 11) is 0. The Labute approximate surface area is 186 Å². The van der Waals surface area contributed by atoms with Gasteiger partial charge in [0.1, 0.15) is 0 Å². The summed E-state index contributed by atoms with van der Waals surface area (Å²) in [5.41, 5.74) is 2.50. The number of pyridine rings is 1. The molecule has 2 aromatic rings. The van der Waals surface area contributed by atoms with Crippen molar-refractivity contribution in [3.05, 3.63) is 66.0 Å². The predicted molar refractivity (Wildman–Crippen MR) is 125 cm³/mol. The Kier molecular flexibility index (Phi) is 7.71. The molecule has 0 aliphatic carbocycles. The smallest absolute Gasteiger partial charge is 0.223 e. The lowest BCUT2D eigenvalue weighted by Gasteiger charge is -2.42. The van der Waals surface area contributed by atoms with E-state index in [1.54, 1.807) is 6.20 Å². The summed E-state index contributed by atoms with van der Waals surface area (Å²) in [4.78, 5) is 21.9. The van der Waals surface area contributed by atoms with Gasteiger partial charge in [0.2, 0.25) is 5.91 Å². The van der Waals surface area contributed by atoms with Gasteiger partial charge in [0.25, 0.3) is 0 Å². The van der Waals surface area contributed by atoms with Crippen molar-refractivity contribution in [1.29, 1.82) is 0 Å². The van der Waals surface area contributed by atoms with Gasteiger partial charge in [-0.2, -0.15) is 0 Å². The van der Waals surface area contributed by atoms with Crippen LogP contribution in [0, 0.1) is 5.92 Å². The molecule has 1 aromatic carbocycles. The molecule has 0 spiro atoms. The van der Waals surface area contributed by atoms with Crippen molar-refractivity contribution in [3.63, 3.8) is 0 Å². The minimum absolute atomic E-state index is 0.153. The molecule has 166 valence electrons. The third-order valence-corrected chi connectivity index (χ3v) is 7.06. The molecule has 1 aromatic heterocycles. The van der Waals surface area contributed by atoms with Gasteiger partial charge < -0.3 is 15.1 Å². The van der Waals surface area contributed by atoms with Crippen molar-refractivity contribution < 1.29 is 4.79 Å². The number of piperidine rings is 2. The number of hydrogen-bond acceptors (Lipinski definition) is 4. The quantitative estimate of drug-likeness (QED) is 0.742. The first-order valence-corrected chi connectivity index (χ1v) is 11.9. The van der Waals surface area contributed by atoms with Crippen molar-refractivity contribution in [2.45, 2.75) is 51.1 Å². The Morgan fingerprint density at radius 2 is 1.77 bits per heavy atom. The monoisotopic (exact) mass is 420 g/mol. The Morgan fingerprint density at radius 1 is 1.03 bits per heavy atom. The first kappa shape index (κ1) is 22.0. The number of aromatic nitrogens is 1. The number of amides is 1. The van der Waals surface area contributed by atoms with E-state index >= 15 is 0 Å². The van der Waals surface area contributed by atoms with Crippen LogP contribution in [0.25, 0.3) is 0 Å². The first-order valence-electron chi connectivity index (χ1n) is 11.9. The van der Waals surface area contributed by atoms with Crippen molar-refractivity contribution >= 4 is 5.91 Å². The van der Waals surface area contributed by atoms with E-state index in [-0.39, 0.29) is 11.8 Å². The van der Waals surface area contributed by atoms with Crippen molar-refractivity contribution in [2.24, 2.45) is 5.92 Å². The van der Waals surface area contributed by atoms with Crippen LogP contribution in [0.1, 0.15) is 49.7 Å². The van der Waals surface area contributed by atoms with Crippen molar-refractivity contribution in [3.8, 4) is 0 Å². The molecule has 0 radical (unpaired) electrons. The number of carbonyl (C=O) groups is 1. The van der Waals surface area contributed by atoms with Crippen LogP contribution in [-0.4, -0.2) is 59.5 Å². The number of carbonyl (C=O) groups excluding carboxylic acids is 1. The molecule has 2 saturated heterocycles. The van der Waals surface area contributed by atoms with Gasteiger partial charge in [-0.3, -0.25) is 9.78 Å². The summed E-state index contributed by atoms with van der Waals surface area (Å²) < 4.78 is 0. The van der Waals surface area contributed by atoms with Gasteiger partial charge in [0.05, 0.1) is 0 Å². The van der Waals surface area contributed by atoms with Gasteiger partial charge >= 0.3 is 0 Å². The van der Waals surface area contributed by atoms with Crippen LogP contribution in [-0.2, 0) is 11.3 Å². The maximum absolute atomic E-state index is 12.6. The summed E-state index contributed by atoms with van der Waals surface area (Å²) >= 11 is 0. The van der Waals surface area contributed by atoms with E-state index < -0.39 is 0 Å². The van der Waals surface area contributed by atoms with Crippen molar-refractivity contribution in [2.75, 3.05) is 32.7 Å². The van der Waals surface area contributed by atoms with Gasteiger partial charge in [-0.1, -0.05) is 43.3 Å². The molecule has 2 fully saturated rings. The van der Waals surface area contributed by atoms with Crippen LogP contribution in [0.3, 0.4) is 0 Å². The summed E-state index contributed by atoms with van der Waals surface area (Å²) in [6.07, 6.45) is 8.03. The number of likely N-dealkylation sites (tertiary alicyclic amines) is 2. The van der Waals surface area contributed by atoms with Gasteiger partial charge in [-0.15, -0.1) is 0 Å². The molecule has 31 heavy (non-hydrogen) atoms. The van der Waals surface area contributed by atoms with Gasteiger partial charge in [0.15, 0.2) is 0 Å². The fourth-order valence-corrected chi connectivity index (χ4v) is 5.10. The topological polar surface area (TPSA) is 48.5 Å². The van der Waals surface area contributed by atoms with E-state index in [0.29, 0.717) is 18.5 Å². The molecule has 0 saturated carbocycles. The van der Waals surface area contributed by atoms with E-state index in [0.717, 1.165) is 38.0 Å². The van der Waals surface area contributed by atoms with E-state index in [2.05, 4.69) is 57.4 Å². The van der Waals surface area contributed by atoms with Gasteiger partial charge in [-0.25, -0.2) is 0 Å². The van der Waals surface area contributed by atoms with Gasteiger partial charge in [-0.05, 0) is 75.0 Å². The van der Waals surface area contributed by atoms with E-state index in [1.165, 1.54) is 31.5 Å². The molecule has 1 N–H and O–H groups in total. The molecular weight excluding hydrogens is 384 g/mol. The molecule has 3 heterocycles. The van der Waals surface area contributed by atoms with Crippen LogP contribution >= 0.6 is 0 Å². The molecule has 5 heteroatoms. The Morgan fingerprint density at radius 3 is 2.45 bits per heavy atom. The summed E-state index contributed by atoms with van der Waals surface area (Å²) in [6.45, 7) is 8.54. The summed E-state index contributed by atoms with van der Waals surface area (Å²) in [5, 5.41) is 3.10. The number of rotatable bonds is 7. The second-order valence-electron chi connectivity index (χ2n) is 9.23. The Balaban J connectivity index is 1.16. The Bertz CT molecular complexity index is 797. The lowest BCUT2D eigenvalue weighted by molar-refractivity contribution is -0.126. The third-order valence-electron chi connectivity index (χ3n) is 7.06. The summed E-state index contributed by atoms with van der Waals surface area (Å²) in [6, 6.07) is 15.5. The third kappa shape index (κ3) is 6.14. The van der Waals surface area contributed by atoms with Crippen LogP contribution in [0.15, 0.2) is 54.9 Å². The number of benzene rings is 1. The highest BCUT2D eigenvalue weighted by atomic mass is 16.1. The normalized spacial score (nSPS) is 20.4. The standard InChI is InChI=1S/C26H36N4O/c1-21(23-7-3-2-4-8-23)20-29-14-11-25(12-15-29)30-16-9-24(10-17-30)26(31)28-19-22-6-5-13-27-18-22/h2-8,13,18,21,24-25H,9-12,14-17,19-20H2,1H3,(H,28,31)/t21-/m1/s1. The minimum atomic E-state index is 0.153. The zero-order valence-electron chi connectivity index (χ0n) is 18.7. The zero-order valence-corrected chi connectivity index (χ0v) is 18.7. The minimum Gasteiger partial charge on any atom is -0.352 e. The van der Waals surface area contributed by atoms with E-state index in [1.807, 2.05) is 18.3 Å². The number of nitrogens with zero attached hydrogens (tertiary/aromatic N) is 3. The van der Waals surface area contributed by atoms with Crippen LogP contribution in [0.4, 0.5) is 0 Å². The fourth-order valence-electron chi connectivity index (χ4n) is 5.10. The lowest BCUT2D eigenvalue weighted by atomic mass is 9.92. The van der Waals surface area contributed by atoms with Gasteiger partial charge in [0, 0.05) is 37.4 Å². The fraction of sp³-hybridized carbons (Fsp3) is 0.538. The number of hydrogen-bond donors (Lipinski definition) is 1. The Hall–Kier alpha value is -2.24. The highest BCUT2D eigenvalue weighted by molar-refractivity contribution is 5.78. The molecule has 4 rings (SSSR count). The molecule has 2 aliphatic rings. The van der Waals surface area contributed by atoms with E-state index in [4.69, 9.17) is 0 Å². The molecule has 0 unspecified atom stereocenters. The average molecular weight is 421 g/mol. The largest absolute Gasteiger partial charge is 0.352 e. The predicted octanol–water partition coefficient (Wildman–Crippen LogP) is 3.68. The first-order chi connectivity index (χ1) is 15.2. The molecule has 5 nitrogen and oxygen atoms in total. The maximum Gasteiger partial charge on any atom is 0.223 e. The zero-order chi connectivity index (χ0) is 21.5.